The Morgan fingerprint density at radius 1 is 0.792 bits per heavy atom. The van der Waals surface area contributed by atoms with Gasteiger partial charge in [-0.2, -0.15) is 0 Å². The minimum absolute atomic E-state index is 0.435. The third-order valence-corrected chi connectivity index (χ3v) is 3.91. The van der Waals surface area contributed by atoms with Crippen LogP contribution in [0.15, 0.2) is 48.5 Å². The molecule has 8 nitrogen and oxygen atoms in total. The monoisotopic (exact) mass is 338 g/mol. The molecule has 0 radical (unpaired) electrons. The summed E-state index contributed by atoms with van der Waals surface area (Å²) < 4.78 is 3.52. The number of nitrogens with one attached hydrogen (secondary N) is 2. The van der Waals surface area contributed by atoms with E-state index in [1.807, 2.05) is 48.5 Å². The van der Waals surface area contributed by atoms with Crippen molar-refractivity contribution in [1.82, 2.24) is 40.6 Å². The van der Waals surface area contributed by atoms with Crippen LogP contribution in [0.2, 0.25) is 0 Å². The molecule has 0 amide bonds. The van der Waals surface area contributed by atoms with Crippen LogP contribution in [0.5, 0.6) is 0 Å². The zero-order chi connectivity index (χ0) is 16.4. The van der Waals surface area contributed by atoms with Gasteiger partial charge in [-0.05, 0) is 36.5 Å². The van der Waals surface area contributed by atoms with Crippen molar-refractivity contribution in [2.75, 3.05) is 0 Å². The molecule has 0 aliphatic rings. The van der Waals surface area contributed by atoms with E-state index in [0.717, 1.165) is 22.1 Å². The summed E-state index contributed by atoms with van der Waals surface area (Å²) in [5.74, 6) is 0. The molecular weight excluding hydrogens is 324 g/mol. The SMILES string of the molecule is S=C(NCn1nnc2ccccc21)NCn1nnc2ccccc21. The highest BCUT2D eigenvalue weighted by Gasteiger charge is 2.05. The van der Waals surface area contributed by atoms with E-state index >= 15 is 0 Å². The quantitative estimate of drug-likeness (QED) is 0.542. The Kier molecular flexibility index (Phi) is 3.75. The van der Waals surface area contributed by atoms with Crippen LogP contribution in [-0.4, -0.2) is 35.1 Å². The molecule has 0 atom stereocenters. The second-order valence-electron chi connectivity index (χ2n) is 5.15. The Morgan fingerprint density at radius 2 is 1.25 bits per heavy atom. The average Bonchev–Trinajstić information content (AvgIpc) is 3.22. The van der Waals surface area contributed by atoms with Crippen LogP contribution in [0.1, 0.15) is 0 Å². The lowest BCUT2D eigenvalue weighted by Crippen LogP contribution is -2.37. The third-order valence-electron chi connectivity index (χ3n) is 3.62. The molecule has 0 aliphatic carbocycles. The van der Waals surface area contributed by atoms with Gasteiger partial charge in [0.15, 0.2) is 5.11 Å². The van der Waals surface area contributed by atoms with Crippen LogP contribution in [0.4, 0.5) is 0 Å². The van der Waals surface area contributed by atoms with E-state index in [2.05, 4.69) is 31.3 Å². The first-order chi connectivity index (χ1) is 11.8. The summed E-state index contributed by atoms with van der Waals surface area (Å²) in [7, 11) is 0. The Balaban J connectivity index is 1.37. The molecule has 2 heterocycles. The maximum Gasteiger partial charge on any atom is 0.169 e. The van der Waals surface area contributed by atoms with Crippen molar-refractivity contribution < 1.29 is 0 Å². The number of hydrogen-bond donors (Lipinski definition) is 2. The molecule has 4 aromatic rings. The lowest BCUT2D eigenvalue weighted by Gasteiger charge is -2.11. The summed E-state index contributed by atoms with van der Waals surface area (Å²) in [6.45, 7) is 0.870. The fourth-order valence-electron chi connectivity index (χ4n) is 2.42. The molecule has 2 aromatic carbocycles. The van der Waals surface area contributed by atoms with Crippen molar-refractivity contribution in [3.05, 3.63) is 48.5 Å². The summed E-state index contributed by atoms with van der Waals surface area (Å²) in [5.41, 5.74) is 3.62. The maximum atomic E-state index is 5.30. The minimum Gasteiger partial charge on any atom is -0.343 e. The minimum atomic E-state index is 0.435. The molecule has 4 rings (SSSR count). The van der Waals surface area contributed by atoms with Crippen molar-refractivity contribution in [3.63, 3.8) is 0 Å². The van der Waals surface area contributed by atoms with Gasteiger partial charge in [0.05, 0.1) is 11.0 Å². The molecule has 0 saturated carbocycles. The van der Waals surface area contributed by atoms with Gasteiger partial charge < -0.3 is 10.6 Å². The summed E-state index contributed by atoms with van der Waals surface area (Å²) in [6.07, 6.45) is 0. The predicted molar refractivity (Wildman–Crippen MR) is 93.9 cm³/mol. The number of hydrogen-bond acceptors (Lipinski definition) is 5. The third kappa shape index (κ3) is 2.76. The van der Waals surface area contributed by atoms with E-state index in [-0.39, 0.29) is 0 Å². The van der Waals surface area contributed by atoms with E-state index in [0.29, 0.717) is 18.4 Å². The van der Waals surface area contributed by atoms with E-state index in [4.69, 9.17) is 12.2 Å². The average molecular weight is 338 g/mol. The molecule has 0 aliphatic heterocycles. The van der Waals surface area contributed by atoms with Gasteiger partial charge in [-0.3, -0.25) is 0 Å². The summed E-state index contributed by atoms with van der Waals surface area (Å²) >= 11 is 5.30. The highest BCUT2D eigenvalue weighted by atomic mass is 32.1. The predicted octanol–water partition coefficient (Wildman–Crippen LogP) is 1.26. The van der Waals surface area contributed by atoms with E-state index in [1.54, 1.807) is 9.36 Å². The molecular formula is C15H14N8S. The highest BCUT2D eigenvalue weighted by Crippen LogP contribution is 2.09. The Bertz CT molecular complexity index is 925. The second kappa shape index (κ2) is 6.20. The largest absolute Gasteiger partial charge is 0.343 e. The fraction of sp³-hybridized carbons (Fsp3) is 0.133. The number of aromatic nitrogens is 6. The van der Waals surface area contributed by atoms with E-state index in [1.165, 1.54) is 0 Å². The van der Waals surface area contributed by atoms with Crippen LogP contribution in [0.3, 0.4) is 0 Å². The van der Waals surface area contributed by atoms with Gasteiger partial charge in [0, 0.05) is 0 Å². The van der Waals surface area contributed by atoms with Crippen LogP contribution in [-0.2, 0) is 13.3 Å². The van der Waals surface area contributed by atoms with Gasteiger partial charge in [0.25, 0.3) is 0 Å². The molecule has 0 bridgehead atoms. The zero-order valence-electron chi connectivity index (χ0n) is 12.6. The van der Waals surface area contributed by atoms with Gasteiger partial charge in [0.2, 0.25) is 0 Å². The number of nitrogens with zero attached hydrogens (tertiary/aromatic N) is 6. The zero-order valence-corrected chi connectivity index (χ0v) is 13.4. The van der Waals surface area contributed by atoms with Gasteiger partial charge in [-0.25, -0.2) is 9.36 Å². The smallest absolute Gasteiger partial charge is 0.169 e. The van der Waals surface area contributed by atoms with Crippen LogP contribution < -0.4 is 10.6 Å². The fourth-order valence-corrected chi connectivity index (χ4v) is 2.55. The summed E-state index contributed by atoms with van der Waals surface area (Å²) in [6, 6.07) is 15.6. The lowest BCUT2D eigenvalue weighted by molar-refractivity contribution is 0.552. The molecule has 0 fully saturated rings. The normalized spacial score (nSPS) is 11.0. The van der Waals surface area contributed by atoms with Crippen molar-refractivity contribution in [2.45, 2.75) is 13.3 Å². The maximum absolute atomic E-state index is 5.30. The van der Waals surface area contributed by atoms with Gasteiger partial charge in [0.1, 0.15) is 24.4 Å². The number of benzene rings is 2. The number of para-hydroxylation sites is 2. The van der Waals surface area contributed by atoms with Crippen LogP contribution in [0, 0.1) is 0 Å². The van der Waals surface area contributed by atoms with Crippen molar-refractivity contribution in [2.24, 2.45) is 0 Å². The number of rotatable bonds is 4. The van der Waals surface area contributed by atoms with E-state index < -0.39 is 0 Å². The summed E-state index contributed by atoms with van der Waals surface area (Å²) in [5, 5.41) is 23.1. The molecule has 120 valence electrons. The Hall–Kier alpha value is -3.07. The first-order valence-corrected chi connectivity index (χ1v) is 7.80. The first-order valence-electron chi connectivity index (χ1n) is 7.39. The molecule has 2 N–H and O–H groups in total. The Morgan fingerprint density at radius 3 is 1.75 bits per heavy atom. The number of thiocarbonyl (C=S) groups is 1. The van der Waals surface area contributed by atoms with Gasteiger partial charge in [-0.15, -0.1) is 10.2 Å². The van der Waals surface area contributed by atoms with Crippen LogP contribution >= 0.6 is 12.2 Å². The summed E-state index contributed by atoms with van der Waals surface area (Å²) in [4.78, 5) is 0. The highest BCUT2D eigenvalue weighted by molar-refractivity contribution is 7.80. The Labute approximate surface area is 142 Å². The molecule has 9 heteroatoms. The molecule has 0 saturated heterocycles. The molecule has 2 aromatic heterocycles. The second-order valence-corrected chi connectivity index (χ2v) is 5.56. The molecule has 24 heavy (non-hydrogen) atoms. The van der Waals surface area contributed by atoms with Crippen molar-refractivity contribution >= 4 is 39.4 Å². The molecule has 0 unspecified atom stereocenters. The van der Waals surface area contributed by atoms with Crippen molar-refractivity contribution in [3.8, 4) is 0 Å². The topological polar surface area (TPSA) is 85.5 Å². The lowest BCUT2D eigenvalue weighted by atomic mass is 10.3. The van der Waals surface area contributed by atoms with E-state index in [9.17, 15) is 0 Å². The molecule has 0 spiro atoms. The van der Waals surface area contributed by atoms with Crippen molar-refractivity contribution in [1.29, 1.82) is 0 Å². The van der Waals surface area contributed by atoms with Gasteiger partial charge in [-0.1, -0.05) is 34.7 Å². The van der Waals surface area contributed by atoms with Gasteiger partial charge >= 0.3 is 0 Å². The van der Waals surface area contributed by atoms with Crippen LogP contribution in [0.25, 0.3) is 22.1 Å². The number of fused-ring (bicyclic) bond motifs is 2. The standard InChI is InChI=1S/C15H14N8S/c24-15(16-9-22-13-7-3-1-5-11(13)18-20-22)17-10-23-14-8-4-2-6-12(14)19-21-23/h1-8H,9-10H2,(H2,16,17,24). The first kappa shape index (κ1) is 14.5.